The number of hydrogen-bond donors (Lipinski definition) is 1. The number of nitrogens with zero attached hydrogens (tertiary/aromatic N) is 1. The van der Waals surface area contributed by atoms with Gasteiger partial charge in [-0.15, -0.1) is 0 Å². The van der Waals surface area contributed by atoms with Crippen LogP contribution in [0.2, 0.25) is 0 Å². The first-order valence-electron chi connectivity index (χ1n) is 8.93. The lowest BCUT2D eigenvalue weighted by atomic mass is 10.1. The molecule has 0 bridgehead atoms. The minimum atomic E-state index is -4.47. The zero-order valence-corrected chi connectivity index (χ0v) is 16.3. The number of sulfonamides is 1. The van der Waals surface area contributed by atoms with E-state index in [0.29, 0.717) is 0 Å². The van der Waals surface area contributed by atoms with Crippen molar-refractivity contribution in [3.05, 3.63) is 59.4 Å². The molecule has 2 aromatic rings. The number of alkyl halides is 2. The van der Waals surface area contributed by atoms with Crippen LogP contribution in [0.15, 0.2) is 41.3 Å². The molecule has 1 fully saturated rings. The number of anilines is 1. The Bertz CT molecular complexity index is 1080. The number of halogens is 5. The monoisotopic (exact) mass is 448 g/mol. The van der Waals surface area contributed by atoms with Crippen molar-refractivity contribution < 1.29 is 35.2 Å². The van der Waals surface area contributed by atoms with Gasteiger partial charge in [-0.25, -0.2) is 30.4 Å². The SMILES string of the molecule is O=C(Nc1ccc(F)c(F)c1)c1ccc(F)c(S(=O)(=O)N2CCCC(F)(F)CC2)c1. The van der Waals surface area contributed by atoms with E-state index < -0.39 is 63.6 Å². The number of carbonyl (C=O) groups excluding carboxylic acids is 1. The number of benzene rings is 2. The maximum absolute atomic E-state index is 14.3. The van der Waals surface area contributed by atoms with Crippen LogP contribution in [0.25, 0.3) is 0 Å². The fourth-order valence-corrected chi connectivity index (χ4v) is 4.61. The van der Waals surface area contributed by atoms with Gasteiger partial charge < -0.3 is 5.32 Å². The average molecular weight is 448 g/mol. The van der Waals surface area contributed by atoms with Crippen molar-refractivity contribution in [1.29, 1.82) is 0 Å². The van der Waals surface area contributed by atoms with Crippen molar-refractivity contribution in [2.45, 2.75) is 30.1 Å². The predicted molar refractivity (Wildman–Crippen MR) is 98.3 cm³/mol. The predicted octanol–water partition coefficient (Wildman–Crippen LogP) is 4.17. The lowest BCUT2D eigenvalue weighted by molar-refractivity contribution is -0.0116. The molecule has 0 atom stereocenters. The lowest BCUT2D eigenvalue weighted by Gasteiger charge is -2.21. The summed E-state index contributed by atoms with van der Waals surface area (Å²) in [5, 5.41) is 2.25. The van der Waals surface area contributed by atoms with Gasteiger partial charge in [-0.1, -0.05) is 0 Å². The summed E-state index contributed by atoms with van der Waals surface area (Å²) in [5.41, 5.74) is -0.359. The second-order valence-electron chi connectivity index (χ2n) is 6.84. The molecule has 1 aliphatic heterocycles. The highest BCUT2D eigenvalue weighted by Gasteiger charge is 2.37. The van der Waals surface area contributed by atoms with Crippen molar-refractivity contribution in [2.24, 2.45) is 0 Å². The summed E-state index contributed by atoms with van der Waals surface area (Å²) in [4.78, 5) is 11.5. The van der Waals surface area contributed by atoms with E-state index >= 15 is 0 Å². The molecule has 5 nitrogen and oxygen atoms in total. The van der Waals surface area contributed by atoms with Crippen molar-refractivity contribution in [2.75, 3.05) is 18.4 Å². The Morgan fingerprint density at radius 1 is 0.933 bits per heavy atom. The molecule has 162 valence electrons. The molecule has 0 aliphatic carbocycles. The third-order valence-corrected chi connectivity index (χ3v) is 6.58. The fourth-order valence-electron chi connectivity index (χ4n) is 3.04. The van der Waals surface area contributed by atoms with Crippen LogP contribution in [0.4, 0.5) is 27.6 Å². The van der Waals surface area contributed by atoms with E-state index in [4.69, 9.17) is 0 Å². The van der Waals surface area contributed by atoms with Gasteiger partial charge >= 0.3 is 0 Å². The minimum absolute atomic E-state index is 0.0931. The van der Waals surface area contributed by atoms with E-state index in [0.717, 1.165) is 40.7 Å². The molecule has 1 saturated heterocycles. The molecule has 1 heterocycles. The summed E-state index contributed by atoms with van der Waals surface area (Å²) in [6.07, 6.45) is -1.26. The summed E-state index contributed by atoms with van der Waals surface area (Å²) < 4.78 is 94.0. The van der Waals surface area contributed by atoms with Gasteiger partial charge in [0.25, 0.3) is 5.91 Å². The molecule has 30 heavy (non-hydrogen) atoms. The highest BCUT2D eigenvalue weighted by atomic mass is 32.2. The normalized spacial score (nSPS) is 17.4. The van der Waals surface area contributed by atoms with Crippen LogP contribution in [0, 0.1) is 17.5 Å². The van der Waals surface area contributed by atoms with Gasteiger partial charge in [0.2, 0.25) is 15.9 Å². The van der Waals surface area contributed by atoms with Crippen molar-refractivity contribution in [1.82, 2.24) is 4.31 Å². The molecule has 2 aromatic carbocycles. The maximum atomic E-state index is 14.3. The topological polar surface area (TPSA) is 66.5 Å². The van der Waals surface area contributed by atoms with Crippen LogP contribution in [-0.2, 0) is 10.0 Å². The second-order valence-corrected chi connectivity index (χ2v) is 8.75. The van der Waals surface area contributed by atoms with Crippen LogP contribution < -0.4 is 5.32 Å². The average Bonchev–Trinajstić information content (AvgIpc) is 2.85. The second kappa shape index (κ2) is 8.31. The van der Waals surface area contributed by atoms with Crippen LogP contribution in [-0.4, -0.2) is 37.6 Å². The summed E-state index contributed by atoms with van der Waals surface area (Å²) in [5.74, 6) is -7.36. The standard InChI is InChI=1S/C19H17F5N2O3S/c20-14-5-3-13(11-16(14)22)25-18(27)12-2-4-15(21)17(10-12)30(28,29)26-8-1-6-19(23,24)7-9-26/h2-5,10-11H,1,6-9H2,(H,25,27). The van der Waals surface area contributed by atoms with Gasteiger partial charge in [0.05, 0.1) is 0 Å². The fraction of sp³-hybridized carbons (Fsp3) is 0.316. The summed E-state index contributed by atoms with van der Waals surface area (Å²) in [6, 6.07) is 5.17. The quantitative estimate of drug-likeness (QED) is 0.715. The van der Waals surface area contributed by atoms with Crippen LogP contribution in [0.3, 0.4) is 0 Å². The number of hydrogen-bond acceptors (Lipinski definition) is 3. The molecule has 0 saturated carbocycles. The van der Waals surface area contributed by atoms with Gasteiger partial charge in [-0.05, 0) is 36.8 Å². The van der Waals surface area contributed by atoms with Gasteiger partial charge in [0.1, 0.15) is 10.7 Å². The highest BCUT2D eigenvalue weighted by Crippen LogP contribution is 2.31. The summed E-state index contributed by atoms with van der Waals surface area (Å²) >= 11 is 0. The van der Waals surface area contributed by atoms with E-state index in [2.05, 4.69) is 5.32 Å². The Labute approximate surface area is 169 Å². The molecule has 1 aliphatic rings. The summed E-state index contributed by atoms with van der Waals surface area (Å²) in [6.45, 7) is -0.692. The lowest BCUT2D eigenvalue weighted by Crippen LogP contribution is -2.33. The molecule has 1 amide bonds. The Kier molecular flexibility index (Phi) is 6.14. The van der Waals surface area contributed by atoms with Crippen LogP contribution >= 0.6 is 0 Å². The zero-order chi connectivity index (χ0) is 22.1. The molecule has 3 rings (SSSR count). The molecule has 0 radical (unpaired) electrons. The van der Waals surface area contributed by atoms with Crippen LogP contribution in [0.1, 0.15) is 29.6 Å². The Balaban J connectivity index is 1.86. The van der Waals surface area contributed by atoms with Crippen molar-refractivity contribution in [3.8, 4) is 0 Å². The van der Waals surface area contributed by atoms with E-state index in [1.54, 1.807) is 0 Å². The first kappa shape index (κ1) is 22.2. The molecule has 0 spiro atoms. The maximum Gasteiger partial charge on any atom is 0.255 e. The van der Waals surface area contributed by atoms with Gasteiger partial charge in [0, 0.05) is 43.2 Å². The van der Waals surface area contributed by atoms with E-state index in [1.165, 1.54) is 0 Å². The number of nitrogens with one attached hydrogen (secondary N) is 1. The number of rotatable bonds is 4. The molecule has 0 unspecified atom stereocenters. The van der Waals surface area contributed by atoms with E-state index in [9.17, 15) is 35.2 Å². The van der Waals surface area contributed by atoms with Gasteiger partial charge in [-0.2, -0.15) is 4.31 Å². The number of carbonyl (C=O) groups is 1. The molecular weight excluding hydrogens is 431 g/mol. The Morgan fingerprint density at radius 2 is 1.63 bits per heavy atom. The summed E-state index contributed by atoms with van der Waals surface area (Å²) in [7, 11) is -4.47. The van der Waals surface area contributed by atoms with Gasteiger partial charge in [-0.3, -0.25) is 4.79 Å². The van der Waals surface area contributed by atoms with Crippen LogP contribution in [0.5, 0.6) is 0 Å². The highest BCUT2D eigenvalue weighted by molar-refractivity contribution is 7.89. The first-order valence-corrected chi connectivity index (χ1v) is 10.4. The van der Waals surface area contributed by atoms with Crippen molar-refractivity contribution >= 4 is 21.6 Å². The largest absolute Gasteiger partial charge is 0.322 e. The van der Waals surface area contributed by atoms with Gasteiger partial charge in [0.15, 0.2) is 11.6 Å². The Hall–Kier alpha value is -2.53. The molecular formula is C19H17F5N2O3S. The smallest absolute Gasteiger partial charge is 0.255 e. The zero-order valence-electron chi connectivity index (χ0n) is 15.5. The molecule has 11 heteroatoms. The Morgan fingerprint density at radius 3 is 2.33 bits per heavy atom. The van der Waals surface area contributed by atoms with E-state index in [-0.39, 0.29) is 24.2 Å². The van der Waals surface area contributed by atoms with Crippen molar-refractivity contribution in [3.63, 3.8) is 0 Å². The molecule has 1 N–H and O–H groups in total. The minimum Gasteiger partial charge on any atom is -0.322 e. The molecule has 0 aromatic heterocycles. The first-order chi connectivity index (χ1) is 14.0. The van der Waals surface area contributed by atoms with E-state index in [1.807, 2.05) is 0 Å². The number of amides is 1. The third-order valence-electron chi connectivity index (χ3n) is 4.67. The third kappa shape index (κ3) is 4.78.